The van der Waals surface area contributed by atoms with Crippen molar-refractivity contribution in [2.24, 2.45) is 0 Å². The standard InChI is InChI=1S/C21H16N2O4S/c24-18-10-11-19(25)23(18)17-8-6-15(7-9-17)21(26)27-12-16-13-28-20(22-16)14-4-2-1-3-5-14/h1-9,13H,10-12H2. The van der Waals surface area contributed by atoms with Gasteiger partial charge in [-0.2, -0.15) is 0 Å². The fourth-order valence-electron chi connectivity index (χ4n) is 2.92. The molecule has 0 spiro atoms. The highest BCUT2D eigenvalue weighted by Gasteiger charge is 2.30. The predicted molar refractivity (Wildman–Crippen MR) is 105 cm³/mol. The van der Waals surface area contributed by atoms with E-state index in [9.17, 15) is 14.4 Å². The Bertz CT molecular complexity index is 1010. The summed E-state index contributed by atoms with van der Waals surface area (Å²) >= 11 is 1.49. The average Bonchev–Trinajstić information content (AvgIpc) is 3.33. The zero-order valence-corrected chi connectivity index (χ0v) is 15.6. The van der Waals surface area contributed by atoms with Crippen molar-refractivity contribution in [3.8, 4) is 10.6 Å². The van der Waals surface area contributed by atoms with E-state index >= 15 is 0 Å². The van der Waals surface area contributed by atoms with Crippen molar-refractivity contribution in [2.45, 2.75) is 19.4 Å². The average molecular weight is 392 g/mol. The molecule has 1 aliphatic heterocycles. The summed E-state index contributed by atoms with van der Waals surface area (Å²) in [6.45, 7) is 0.0764. The number of anilines is 1. The van der Waals surface area contributed by atoms with Crippen molar-refractivity contribution in [1.82, 2.24) is 4.98 Å². The molecule has 2 aromatic carbocycles. The summed E-state index contributed by atoms with van der Waals surface area (Å²) in [6.07, 6.45) is 0.447. The number of rotatable bonds is 5. The second-order valence-electron chi connectivity index (χ2n) is 6.26. The van der Waals surface area contributed by atoms with E-state index in [1.165, 1.54) is 11.3 Å². The quantitative estimate of drug-likeness (QED) is 0.487. The smallest absolute Gasteiger partial charge is 0.338 e. The first-order valence-corrected chi connectivity index (χ1v) is 9.62. The molecule has 0 atom stereocenters. The fraction of sp³-hybridized carbons (Fsp3) is 0.143. The van der Waals surface area contributed by atoms with Crippen LogP contribution >= 0.6 is 11.3 Å². The number of carbonyl (C=O) groups is 3. The molecule has 140 valence electrons. The largest absolute Gasteiger partial charge is 0.456 e. The van der Waals surface area contributed by atoms with Crippen LogP contribution in [0.3, 0.4) is 0 Å². The first-order chi connectivity index (χ1) is 13.6. The molecule has 0 N–H and O–H groups in total. The van der Waals surface area contributed by atoms with Gasteiger partial charge in [-0.05, 0) is 24.3 Å². The highest BCUT2D eigenvalue weighted by molar-refractivity contribution is 7.13. The fourth-order valence-corrected chi connectivity index (χ4v) is 3.73. The number of hydrogen-bond donors (Lipinski definition) is 0. The number of benzene rings is 2. The SMILES string of the molecule is O=C(OCc1csc(-c2ccccc2)n1)c1ccc(N2C(=O)CCC2=O)cc1. The number of imide groups is 1. The van der Waals surface area contributed by atoms with Gasteiger partial charge < -0.3 is 4.74 Å². The van der Waals surface area contributed by atoms with Gasteiger partial charge in [-0.25, -0.2) is 9.78 Å². The van der Waals surface area contributed by atoms with Crippen LogP contribution in [0, 0.1) is 0 Å². The monoisotopic (exact) mass is 392 g/mol. The first-order valence-electron chi connectivity index (χ1n) is 8.74. The predicted octanol–water partition coefficient (Wildman–Crippen LogP) is 3.82. The minimum absolute atomic E-state index is 0.0764. The molecule has 1 aliphatic rings. The van der Waals surface area contributed by atoms with Crippen molar-refractivity contribution in [1.29, 1.82) is 0 Å². The summed E-state index contributed by atoms with van der Waals surface area (Å²) in [6, 6.07) is 16.0. The van der Waals surface area contributed by atoms with Gasteiger partial charge in [-0.15, -0.1) is 11.3 Å². The Balaban J connectivity index is 1.38. The van der Waals surface area contributed by atoms with Gasteiger partial charge in [0.1, 0.15) is 11.6 Å². The molecule has 4 rings (SSSR count). The number of carbonyl (C=O) groups excluding carboxylic acids is 3. The van der Waals surface area contributed by atoms with Gasteiger partial charge in [0, 0.05) is 23.8 Å². The van der Waals surface area contributed by atoms with Gasteiger partial charge in [0.15, 0.2) is 0 Å². The van der Waals surface area contributed by atoms with Crippen molar-refractivity contribution in [3.63, 3.8) is 0 Å². The molecular formula is C21H16N2O4S. The van der Waals surface area contributed by atoms with Gasteiger partial charge in [-0.1, -0.05) is 30.3 Å². The molecule has 0 saturated carbocycles. The summed E-state index contributed by atoms with van der Waals surface area (Å²) in [7, 11) is 0. The molecule has 6 nitrogen and oxygen atoms in total. The Morgan fingerprint density at radius 2 is 1.68 bits per heavy atom. The van der Waals surface area contributed by atoms with E-state index in [-0.39, 0.29) is 31.3 Å². The Morgan fingerprint density at radius 3 is 2.36 bits per heavy atom. The van der Waals surface area contributed by atoms with Crippen LogP contribution in [-0.2, 0) is 20.9 Å². The number of ether oxygens (including phenoxy) is 1. The third kappa shape index (κ3) is 3.70. The number of aromatic nitrogens is 1. The van der Waals surface area contributed by atoms with Gasteiger partial charge >= 0.3 is 5.97 Å². The van der Waals surface area contributed by atoms with Crippen LogP contribution in [0.2, 0.25) is 0 Å². The molecule has 0 radical (unpaired) electrons. The molecule has 1 saturated heterocycles. The highest BCUT2D eigenvalue weighted by Crippen LogP contribution is 2.25. The van der Waals surface area contributed by atoms with E-state index < -0.39 is 5.97 Å². The van der Waals surface area contributed by atoms with Crippen molar-refractivity contribution >= 4 is 34.8 Å². The minimum atomic E-state index is -0.486. The maximum atomic E-state index is 12.3. The van der Waals surface area contributed by atoms with E-state index in [0.717, 1.165) is 15.5 Å². The van der Waals surface area contributed by atoms with E-state index in [1.807, 2.05) is 35.7 Å². The van der Waals surface area contributed by atoms with Crippen LogP contribution < -0.4 is 4.90 Å². The van der Waals surface area contributed by atoms with Crippen LogP contribution in [-0.4, -0.2) is 22.8 Å². The van der Waals surface area contributed by atoms with Gasteiger partial charge in [0.05, 0.1) is 16.9 Å². The Morgan fingerprint density at radius 1 is 1.00 bits per heavy atom. The molecule has 2 amide bonds. The first kappa shape index (κ1) is 18.1. The maximum Gasteiger partial charge on any atom is 0.338 e. The summed E-state index contributed by atoms with van der Waals surface area (Å²) in [5, 5.41) is 2.74. The Labute approximate surface area is 165 Å². The zero-order valence-electron chi connectivity index (χ0n) is 14.8. The molecule has 1 fully saturated rings. The van der Waals surface area contributed by atoms with E-state index in [0.29, 0.717) is 16.9 Å². The van der Waals surface area contributed by atoms with Gasteiger partial charge in [0.25, 0.3) is 0 Å². The third-order valence-corrected chi connectivity index (χ3v) is 5.28. The number of hydrogen-bond acceptors (Lipinski definition) is 6. The second kappa shape index (κ2) is 7.74. The highest BCUT2D eigenvalue weighted by atomic mass is 32.1. The second-order valence-corrected chi connectivity index (χ2v) is 7.11. The molecule has 2 heterocycles. The van der Waals surface area contributed by atoms with Crippen LogP contribution in [0.5, 0.6) is 0 Å². The minimum Gasteiger partial charge on any atom is -0.456 e. The lowest BCUT2D eigenvalue weighted by Crippen LogP contribution is -2.28. The van der Waals surface area contributed by atoms with Gasteiger partial charge in [-0.3, -0.25) is 14.5 Å². The lowest BCUT2D eigenvalue weighted by molar-refractivity contribution is -0.121. The third-order valence-electron chi connectivity index (χ3n) is 4.34. The summed E-state index contributed by atoms with van der Waals surface area (Å²) in [5.74, 6) is -0.934. The summed E-state index contributed by atoms with van der Waals surface area (Å²) in [5.41, 5.74) is 2.52. The molecule has 28 heavy (non-hydrogen) atoms. The molecule has 0 aliphatic carbocycles. The van der Waals surface area contributed by atoms with Crippen molar-refractivity contribution in [2.75, 3.05) is 4.90 Å². The summed E-state index contributed by atoms with van der Waals surface area (Å²) in [4.78, 5) is 41.4. The molecule has 1 aromatic heterocycles. The molecule has 0 bridgehead atoms. The molecular weight excluding hydrogens is 376 g/mol. The van der Waals surface area contributed by atoms with E-state index in [2.05, 4.69) is 4.98 Å². The Hall–Kier alpha value is -3.32. The van der Waals surface area contributed by atoms with Crippen LogP contribution in [0.1, 0.15) is 28.9 Å². The molecule has 3 aromatic rings. The number of thiazole rings is 1. The van der Waals surface area contributed by atoms with Crippen LogP contribution in [0.25, 0.3) is 10.6 Å². The van der Waals surface area contributed by atoms with Gasteiger partial charge in [0.2, 0.25) is 11.8 Å². The maximum absolute atomic E-state index is 12.3. The Kier molecular flexibility index (Phi) is 4.99. The van der Waals surface area contributed by atoms with Crippen LogP contribution in [0.15, 0.2) is 60.0 Å². The summed E-state index contributed by atoms with van der Waals surface area (Å²) < 4.78 is 5.33. The number of amides is 2. The van der Waals surface area contributed by atoms with Crippen molar-refractivity contribution in [3.05, 3.63) is 71.2 Å². The van der Waals surface area contributed by atoms with E-state index in [4.69, 9.17) is 4.74 Å². The van der Waals surface area contributed by atoms with Crippen molar-refractivity contribution < 1.29 is 19.1 Å². The zero-order chi connectivity index (χ0) is 19.5. The van der Waals surface area contributed by atoms with E-state index in [1.54, 1.807) is 24.3 Å². The normalized spacial score (nSPS) is 13.8. The molecule has 0 unspecified atom stereocenters. The number of nitrogens with zero attached hydrogens (tertiary/aromatic N) is 2. The topological polar surface area (TPSA) is 76.6 Å². The lowest BCUT2D eigenvalue weighted by atomic mass is 10.2. The number of esters is 1. The van der Waals surface area contributed by atoms with Crippen LogP contribution in [0.4, 0.5) is 5.69 Å². The lowest BCUT2D eigenvalue weighted by Gasteiger charge is -2.13. The molecule has 7 heteroatoms.